The number of methoxy groups -OCH3 is 1. The summed E-state index contributed by atoms with van der Waals surface area (Å²) < 4.78 is 118. The van der Waals surface area contributed by atoms with E-state index in [1.165, 1.54) is 7.11 Å². The molecule has 0 radical (unpaired) electrons. The zero-order valence-electron chi connectivity index (χ0n) is 11.5. The molecular formula is C12H8F9NO2. The SMILES string of the molecule is COc1ccc(NC(=O)C(F)(F)C(F)(F)C(F)(F)C(F)(F)F)cc1. The van der Waals surface area contributed by atoms with Crippen LogP contribution in [0.5, 0.6) is 5.75 Å². The smallest absolute Gasteiger partial charge is 0.460 e. The van der Waals surface area contributed by atoms with Gasteiger partial charge in [0.25, 0.3) is 0 Å². The molecule has 0 aromatic heterocycles. The molecule has 0 unspecified atom stereocenters. The molecule has 0 fully saturated rings. The van der Waals surface area contributed by atoms with Crippen molar-refractivity contribution in [3.05, 3.63) is 24.3 Å². The minimum atomic E-state index is -7.12. The fraction of sp³-hybridized carbons (Fsp3) is 0.417. The molecule has 0 bridgehead atoms. The second kappa shape index (κ2) is 6.06. The summed E-state index contributed by atoms with van der Waals surface area (Å²) in [4.78, 5) is 11.1. The van der Waals surface area contributed by atoms with Crippen LogP contribution >= 0.6 is 0 Å². The van der Waals surface area contributed by atoms with Gasteiger partial charge in [-0.25, -0.2) is 0 Å². The number of amides is 1. The quantitative estimate of drug-likeness (QED) is 0.794. The molecule has 3 nitrogen and oxygen atoms in total. The standard InChI is InChI=1S/C12H8F9NO2/c1-24-7-4-2-6(3-5-7)22-8(23)9(13,14)10(15,16)11(17,18)12(19,20)21/h2-5H,1H3,(H,22,23). The number of hydrogen-bond acceptors (Lipinski definition) is 2. The van der Waals surface area contributed by atoms with Crippen molar-refractivity contribution in [3.8, 4) is 5.75 Å². The first-order valence-corrected chi connectivity index (χ1v) is 5.84. The van der Waals surface area contributed by atoms with Gasteiger partial charge in [-0.05, 0) is 24.3 Å². The molecule has 0 aliphatic carbocycles. The van der Waals surface area contributed by atoms with Gasteiger partial charge in [-0.3, -0.25) is 4.79 Å². The lowest BCUT2D eigenvalue weighted by Crippen LogP contribution is -2.64. The summed E-state index contributed by atoms with van der Waals surface area (Å²) in [7, 11) is 1.22. The Balaban J connectivity index is 3.10. The monoisotopic (exact) mass is 369 g/mol. The Kier molecular flexibility index (Phi) is 5.02. The van der Waals surface area contributed by atoms with Crippen molar-refractivity contribution in [2.75, 3.05) is 12.4 Å². The number of alkyl halides is 9. The van der Waals surface area contributed by atoms with Gasteiger partial charge in [0.05, 0.1) is 7.11 Å². The molecule has 0 atom stereocenters. The van der Waals surface area contributed by atoms with Crippen LogP contribution in [0.25, 0.3) is 0 Å². The van der Waals surface area contributed by atoms with Gasteiger partial charge in [0.2, 0.25) is 0 Å². The van der Waals surface area contributed by atoms with Crippen LogP contribution in [-0.2, 0) is 4.79 Å². The minimum absolute atomic E-state index is 0.175. The molecule has 0 saturated heterocycles. The highest BCUT2D eigenvalue weighted by Crippen LogP contribution is 2.53. The zero-order valence-corrected chi connectivity index (χ0v) is 11.5. The topological polar surface area (TPSA) is 38.3 Å². The van der Waals surface area contributed by atoms with E-state index >= 15 is 0 Å². The third kappa shape index (κ3) is 3.22. The predicted molar refractivity (Wildman–Crippen MR) is 62.5 cm³/mol. The van der Waals surface area contributed by atoms with Gasteiger partial charge < -0.3 is 10.1 Å². The predicted octanol–water partition coefficient (Wildman–Crippen LogP) is 4.10. The maximum Gasteiger partial charge on any atom is 0.460 e. The van der Waals surface area contributed by atoms with Gasteiger partial charge >= 0.3 is 29.9 Å². The van der Waals surface area contributed by atoms with E-state index < -0.39 is 35.5 Å². The lowest BCUT2D eigenvalue weighted by Gasteiger charge is -2.32. The molecule has 0 saturated carbocycles. The summed E-state index contributed by atoms with van der Waals surface area (Å²) in [5.41, 5.74) is -0.549. The van der Waals surface area contributed by atoms with Gasteiger partial charge in [0, 0.05) is 5.69 Å². The zero-order chi connectivity index (χ0) is 19.0. The number of anilines is 1. The number of ether oxygens (including phenoxy) is 1. The molecular weight excluding hydrogens is 361 g/mol. The molecule has 1 rings (SSSR count). The largest absolute Gasteiger partial charge is 0.497 e. The van der Waals surface area contributed by atoms with Gasteiger partial charge in [-0.15, -0.1) is 0 Å². The molecule has 0 aliphatic rings. The summed E-state index contributed by atoms with van der Waals surface area (Å²) in [6.07, 6.45) is -6.99. The Bertz CT molecular complexity index is 596. The second-order valence-electron chi connectivity index (χ2n) is 4.40. The van der Waals surface area contributed by atoms with E-state index in [0.29, 0.717) is 0 Å². The van der Waals surface area contributed by atoms with E-state index in [9.17, 15) is 44.3 Å². The maximum absolute atomic E-state index is 13.3. The third-order valence-electron chi connectivity index (χ3n) is 2.78. The van der Waals surface area contributed by atoms with Crippen molar-refractivity contribution >= 4 is 11.6 Å². The van der Waals surface area contributed by atoms with Crippen molar-refractivity contribution in [1.82, 2.24) is 0 Å². The molecule has 1 amide bonds. The summed E-state index contributed by atoms with van der Waals surface area (Å²) >= 11 is 0. The summed E-state index contributed by atoms with van der Waals surface area (Å²) in [6.45, 7) is 0. The van der Waals surface area contributed by atoms with E-state index in [4.69, 9.17) is 0 Å². The second-order valence-corrected chi connectivity index (χ2v) is 4.40. The number of carbonyl (C=O) groups is 1. The average Bonchev–Trinajstić information content (AvgIpc) is 2.46. The van der Waals surface area contributed by atoms with Crippen molar-refractivity contribution in [2.45, 2.75) is 23.9 Å². The average molecular weight is 369 g/mol. The summed E-state index contributed by atoms with van der Waals surface area (Å²) in [6, 6.07) is 3.95. The van der Waals surface area contributed by atoms with Gasteiger partial charge in [0.1, 0.15) is 5.75 Å². The number of rotatable bonds is 5. The van der Waals surface area contributed by atoms with E-state index in [1.54, 1.807) is 0 Å². The maximum atomic E-state index is 13.3. The highest BCUT2D eigenvalue weighted by atomic mass is 19.4. The first kappa shape index (κ1) is 19.9. The van der Waals surface area contributed by atoms with Crippen LogP contribution in [0.15, 0.2) is 24.3 Å². The first-order valence-electron chi connectivity index (χ1n) is 5.84. The molecule has 24 heavy (non-hydrogen) atoms. The summed E-state index contributed by atoms with van der Waals surface area (Å²) in [5, 5.41) is 1.14. The number of nitrogens with one attached hydrogen (secondary N) is 1. The van der Waals surface area contributed by atoms with Crippen LogP contribution < -0.4 is 10.1 Å². The Hall–Kier alpha value is -2.14. The molecule has 1 aromatic carbocycles. The Morgan fingerprint density at radius 3 is 1.71 bits per heavy atom. The van der Waals surface area contributed by atoms with E-state index in [1.807, 2.05) is 0 Å². The normalized spacial score (nSPS) is 13.6. The fourth-order valence-corrected chi connectivity index (χ4v) is 1.40. The van der Waals surface area contributed by atoms with Gasteiger partial charge in [0.15, 0.2) is 0 Å². The first-order chi connectivity index (χ1) is 10.7. The molecule has 0 spiro atoms. The highest BCUT2D eigenvalue weighted by molar-refractivity contribution is 5.97. The van der Waals surface area contributed by atoms with E-state index in [0.717, 1.165) is 29.6 Å². The van der Waals surface area contributed by atoms with Crippen LogP contribution in [0.1, 0.15) is 0 Å². The van der Waals surface area contributed by atoms with Gasteiger partial charge in [-0.1, -0.05) is 0 Å². The Morgan fingerprint density at radius 2 is 1.33 bits per heavy atom. The lowest BCUT2D eigenvalue weighted by atomic mass is 10.0. The van der Waals surface area contributed by atoms with Crippen molar-refractivity contribution in [1.29, 1.82) is 0 Å². The number of halogens is 9. The minimum Gasteiger partial charge on any atom is -0.497 e. The number of carbonyl (C=O) groups excluding carboxylic acids is 1. The highest BCUT2D eigenvalue weighted by Gasteiger charge is 2.83. The van der Waals surface area contributed by atoms with E-state index in [-0.39, 0.29) is 5.75 Å². The molecule has 1 aromatic rings. The number of benzene rings is 1. The Labute approximate surface area is 128 Å². The molecule has 12 heteroatoms. The molecule has 136 valence electrons. The van der Waals surface area contributed by atoms with Crippen LogP contribution in [0, 0.1) is 0 Å². The van der Waals surface area contributed by atoms with Gasteiger partial charge in [-0.2, -0.15) is 39.5 Å². The van der Waals surface area contributed by atoms with Crippen molar-refractivity contribution in [3.63, 3.8) is 0 Å². The fourth-order valence-electron chi connectivity index (χ4n) is 1.40. The molecule has 0 heterocycles. The molecule has 0 aliphatic heterocycles. The van der Waals surface area contributed by atoms with Crippen LogP contribution in [-0.4, -0.2) is 37.0 Å². The Morgan fingerprint density at radius 1 is 0.875 bits per heavy atom. The lowest BCUT2D eigenvalue weighted by molar-refractivity contribution is -0.388. The van der Waals surface area contributed by atoms with Crippen molar-refractivity contribution in [2.24, 2.45) is 0 Å². The van der Waals surface area contributed by atoms with E-state index in [2.05, 4.69) is 4.74 Å². The number of hydrogen-bond donors (Lipinski definition) is 1. The van der Waals surface area contributed by atoms with Crippen LogP contribution in [0.3, 0.4) is 0 Å². The molecule has 1 N–H and O–H groups in total. The van der Waals surface area contributed by atoms with Crippen LogP contribution in [0.2, 0.25) is 0 Å². The summed E-state index contributed by atoms with van der Waals surface area (Å²) in [5.74, 6) is -23.3. The third-order valence-corrected chi connectivity index (χ3v) is 2.78. The van der Waals surface area contributed by atoms with Crippen LogP contribution in [0.4, 0.5) is 45.2 Å². The van der Waals surface area contributed by atoms with Crippen molar-refractivity contribution < 1.29 is 49.0 Å².